The van der Waals surface area contributed by atoms with Gasteiger partial charge in [0.05, 0.1) is 0 Å². The second-order valence-corrected chi connectivity index (χ2v) is 9.90. The van der Waals surface area contributed by atoms with Crippen molar-refractivity contribution in [2.24, 2.45) is 34.5 Å². The van der Waals surface area contributed by atoms with Gasteiger partial charge in [-0.25, -0.2) is 0 Å². The second kappa shape index (κ2) is 5.80. The van der Waals surface area contributed by atoms with E-state index in [1.165, 1.54) is 32.1 Å². The molecule has 0 spiro atoms. The molecule has 3 fully saturated rings. The zero-order valence-electron chi connectivity index (χ0n) is 14.5. The van der Waals surface area contributed by atoms with Gasteiger partial charge in [0.25, 0.3) is 0 Å². The number of fused-ring (bicyclic) bond motifs is 5. The molecule has 0 N–H and O–H groups in total. The predicted molar refractivity (Wildman–Crippen MR) is 100 cm³/mol. The van der Waals surface area contributed by atoms with Crippen molar-refractivity contribution in [1.82, 2.24) is 0 Å². The molecular formula is C21H30Cl2. The Balaban J connectivity index is 1.68. The highest BCUT2D eigenvalue weighted by molar-refractivity contribution is 6.21. The molecule has 23 heavy (non-hydrogen) atoms. The molecule has 0 radical (unpaired) electrons. The fraction of sp³-hybridized carbons (Fsp3) is 0.810. The number of halogens is 2. The molecule has 2 heteroatoms. The molecule has 0 bridgehead atoms. The van der Waals surface area contributed by atoms with Gasteiger partial charge in [-0.2, -0.15) is 0 Å². The van der Waals surface area contributed by atoms with Crippen LogP contribution in [-0.4, -0.2) is 11.3 Å². The third-order valence-corrected chi connectivity index (χ3v) is 8.91. The Morgan fingerprint density at radius 3 is 2.78 bits per heavy atom. The smallest absolute Gasteiger partial charge is 0.0407 e. The molecule has 0 amide bonds. The van der Waals surface area contributed by atoms with Gasteiger partial charge in [0.15, 0.2) is 0 Å². The average Bonchev–Trinajstić information content (AvgIpc) is 2.85. The van der Waals surface area contributed by atoms with E-state index in [0.717, 1.165) is 36.5 Å². The molecule has 0 saturated heterocycles. The number of hydrogen-bond acceptors (Lipinski definition) is 0. The summed E-state index contributed by atoms with van der Waals surface area (Å²) in [7, 11) is 0. The zero-order chi connectivity index (χ0) is 16.2. The maximum absolute atomic E-state index is 7.03. The van der Waals surface area contributed by atoms with Crippen LogP contribution in [0.25, 0.3) is 0 Å². The first kappa shape index (κ1) is 16.5. The van der Waals surface area contributed by atoms with E-state index >= 15 is 0 Å². The van der Waals surface area contributed by atoms with Crippen LogP contribution in [0.5, 0.6) is 0 Å². The Bertz CT molecular complexity index is 536. The Hall–Kier alpha value is 0.0600. The SMILES string of the molecule is C[C@]12CC[C@H]3[C@@H]([C@H](Cl)CC4=CCC=C[C@@]43C)[C@@H]1CC[C@@H]2CCCl. The number of hydrogen-bond donors (Lipinski definition) is 0. The van der Waals surface area contributed by atoms with Gasteiger partial charge in [-0.1, -0.05) is 37.6 Å². The Kier molecular flexibility index (Phi) is 4.17. The third kappa shape index (κ3) is 2.30. The first-order chi connectivity index (χ1) is 11.0. The Morgan fingerprint density at radius 1 is 1.17 bits per heavy atom. The van der Waals surface area contributed by atoms with Crippen LogP contribution in [0.1, 0.15) is 58.8 Å². The van der Waals surface area contributed by atoms with Gasteiger partial charge in [-0.05, 0) is 74.0 Å². The van der Waals surface area contributed by atoms with E-state index in [9.17, 15) is 0 Å². The van der Waals surface area contributed by atoms with Crippen molar-refractivity contribution in [3.05, 3.63) is 23.8 Å². The number of alkyl halides is 2. The largest absolute Gasteiger partial charge is 0.127 e. The first-order valence-electron chi connectivity index (χ1n) is 9.58. The topological polar surface area (TPSA) is 0 Å². The molecule has 4 rings (SSSR count). The quantitative estimate of drug-likeness (QED) is 0.389. The number of allylic oxidation sites excluding steroid dienone is 4. The van der Waals surface area contributed by atoms with Crippen molar-refractivity contribution in [3.8, 4) is 0 Å². The van der Waals surface area contributed by atoms with Crippen LogP contribution < -0.4 is 0 Å². The maximum Gasteiger partial charge on any atom is 0.0407 e. The van der Waals surface area contributed by atoms with E-state index in [4.69, 9.17) is 23.2 Å². The van der Waals surface area contributed by atoms with Crippen LogP contribution in [-0.2, 0) is 0 Å². The molecular weight excluding hydrogens is 323 g/mol. The summed E-state index contributed by atoms with van der Waals surface area (Å²) < 4.78 is 0. The fourth-order valence-electron chi connectivity index (χ4n) is 6.97. The zero-order valence-corrected chi connectivity index (χ0v) is 16.0. The summed E-state index contributed by atoms with van der Waals surface area (Å²) in [6, 6.07) is 0. The minimum atomic E-state index is 0.278. The fourth-order valence-corrected chi connectivity index (χ4v) is 7.76. The molecule has 0 aromatic heterocycles. The predicted octanol–water partition coefficient (Wildman–Crippen LogP) is 6.58. The standard InChI is InChI=1S/C21H30Cl2/c1-20-10-4-3-5-15(20)13-18(23)19-16-7-6-14(9-12-22)21(16,2)11-8-17(19)20/h4-5,10,14,16-19H,3,6-9,11-13H2,1-2H3/t14-,16+,17+,18-,19+,20+,21-/m1/s1. The van der Waals surface area contributed by atoms with Crippen molar-refractivity contribution in [1.29, 1.82) is 0 Å². The summed E-state index contributed by atoms with van der Waals surface area (Å²) in [5.74, 6) is 3.89. The average molecular weight is 353 g/mol. The van der Waals surface area contributed by atoms with E-state index < -0.39 is 0 Å². The van der Waals surface area contributed by atoms with Crippen molar-refractivity contribution >= 4 is 23.2 Å². The summed E-state index contributed by atoms with van der Waals surface area (Å²) in [6.07, 6.45) is 16.2. The lowest BCUT2D eigenvalue weighted by Gasteiger charge is -2.58. The maximum atomic E-state index is 7.03. The van der Waals surface area contributed by atoms with E-state index in [0.29, 0.717) is 16.7 Å². The van der Waals surface area contributed by atoms with Gasteiger partial charge in [0, 0.05) is 16.7 Å². The molecule has 0 aliphatic heterocycles. The molecule has 3 saturated carbocycles. The molecule has 4 aliphatic rings. The van der Waals surface area contributed by atoms with Crippen LogP contribution in [0.3, 0.4) is 0 Å². The molecule has 0 aromatic carbocycles. The minimum absolute atomic E-state index is 0.278. The van der Waals surface area contributed by atoms with E-state index in [2.05, 4.69) is 32.1 Å². The van der Waals surface area contributed by atoms with Crippen molar-refractivity contribution in [3.63, 3.8) is 0 Å². The molecule has 0 unspecified atom stereocenters. The summed E-state index contributed by atoms with van der Waals surface area (Å²) in [5, 5.41) is 0.338. The van der Waals surface area contributed by atoms with Crippen molar-refractivity contribution in [2.45, 2.75) is 64.2 Å². The third-order valence-electron chi connectivity index (χ3n) is 8.25. The van der Waals surface area contributed by atoms with Crippen LogP contribution >= 0.6 is 23.2 Å². The highest BCUT2D eigenvalue weighted by Gasteiger charge is 2.60. The van der Waals surface area contributed by atoms with Crippen molar-refractivity contribution < 1.29 is 0 Å². The summed E-state index contributed by atoms with van der Waals surface area (Å²) in [4.78, 5) is 0. The Morgan fingerprint density at radius 2 is 2.00 bits per heavy atom. The summed E-state index contributed by atoms with van der Waals surface area (Å²) in [6.45, 7) is 5.05. The first-order valence-corrected chi connectivity index (χ1v) is 10.5. The van der Waals surface area contributed by atoms with Crippen LogP contribution in [0.2, 0.25) is 0 Å². The highest BCUT2D eigenvalue weighted by atomic mass is 35.5. The minimum Gasteiger partial charge on any atom is -0.127 e. The molecule has 7 atom stereocenters. The lowest BCUT2D eigenvalue weighted by molar-refractivity contribution is -0.0318. The van der Waals surface area contributed by atoms with E-state index in [1.807, 2.05) is 0 Å². The highest BCUT2D eigenvalue weighted by Crippen LogP contribution is 2.67. The van der Waals surface area contributed by atoms with Gasteiger partial charge < -0.3 is 0 Å². The van der Waals surface area contributed by atoms with Crippen LogP contribution in [0.4, 0.5) is 0 Å². The molecule has 128 valence electrons. The van der Waals surface area contributed by atoms with Gasteiger partial charge in [-0.15, -0.1) is 23.2 Å². The monoisotopic (exact) mass is 352 g/mol. The molecule has 0 heterocycles. The van der Waals surface area contributed by atoms with Crippen LogP contribution in [0, 0.1) is 34.5 Å². The second-order valence-electron chi connectivity index (χ2n) is 8.96. The molecule has 0 aromatic rings. The van der Waals surface area contributed by atoms with Crippen LogP contribution in [0.15, 0.2) is 23.8 Å². The van der Waals surface area contributed by atoms with Gasteiger partial charge in [-0.3, -0.25) is 0 Å². The van der Waals surface area contributed by atoms with Gasteiger partial charge in [0.1, 0.15) is 0 Å². The summed E-state index contributed by atoms with van der Waals surface area (Å²) >= 11 is 13.1. The normalized spacial score (nSPS) is 51.7. The summed E-state index contributed by atoms with van der Waals surface area (Å²) in [5.41, 5.74) is 2.39. The van der Waals surface area contributed by atoms with E-state index in [1.54, 1.807) is 5.57 Å². The van der Waals surface area contributed by atoms with Crippen molar-refractivity contribution in [2.75, 3.05) is 5.88 Å². The number of rotatable bonds is 2. The van der Waals surface area contributed by atoms with Gasteiger partial charge in [0.2, 0.25) is 0 Å². The van der Waals surface area contributed by atoms with E-state index in [-0.39, 0.29) is 5.41 Å². The lowest BCUT2D eigenvalue weighted by Crippen LogP contribution is -2.53. The molecule has 4 aliphatic carbocycles. The lowest BCUT2D eigenvalue weighted by atomic mass is 9.47. The van der Waals surface area contributed by atoms with Gasteiger partial charge >= 0.3 is 0 Å². The Labute approximate surface area is 151 Å². The molecule has 0 nitrogen and oxygen atoms in total.